The number of likely N-dealkylation sites (N-methyl/N-ethyl adjacent to an activating group) is 2. The summed E-state index contributed by atoms with van der Waals surface area (Å²) in [6, 6.07) is -5.38. The number of hydrogen-bond donors (Lipinski definition) is 4. The Labute approximate surface area is 262 Å². The maximum absolute atomic E-state index is 14.1. The van der Waals surface area contributed by atoms with Gasteiger partial charge in [-0.2, -0.15) is 13.2 Å². The fraction of sp³-hybridized carbons (Fsp3) is 0.733. The molecule has 0 spiro atoms. The highest BCUT2D eigenvalue weighted by molar-refractivity contribution is 6.38. The van der Waals surface area contributed by atoms with Gasteiger partial charge in [0.25, 0.3) is 5.91 Å². The number of alkyl halides is 3. The van der Waals surface area contributed by atoms with E-state index in [1.807, 2.05) is 13.8 Å². The quantitative estimate of drug-likeness (QED) is 0.187. The lowest BCUT2D eigenvalue weighted by atomic mass is 9.85. The smallest absolute Gasteiger partial charge is 0.353 e. The van der Waals surface area contributed by atoms with Gasteiger partial charge in [-0.1, -0.05) is 46.8 Å². The number of urea groups is 1. The molecule has 2 rings (SSSR count). The van der Waals surface area contributed by atoms with E-state index >= 15 is 0 Å². The molecule has 0 bridgehead atoms. The van der Waals surface area contributed by atoms with Crippen LogP contribution in [0.25, 0.3) is 0 Å². The van der Waals surface area contributed by atoms with Crippen molar-refractivity contribution in [2.24, 2.45) is 22.7 Å². The van der Waals surface area contributed by atoms with Crippen molar-refractivity contribution in [1.29, 1.82) is 0 Å². The summed E-state index contributed by atoms with van der Waals surface area (Å²) in [7, 11) is 2.72. The number of nitrogens with one attached hydrogen (secondary N) is 4. The topological polar surface area (TPSA) is 157 Å². The van der Waals surface area contributed by atoms with Crippen molar-refractivity contribution in [3.63, 3.8) is 0 Å². The first-order chi connectivity index (χ1) is 20.4. The Kier molecular flexibility index (Phi) is 11.5. The Balaban J connectivity index is 2.34. The van der Waals surface area contributed by atoms with Gasteiger partial charge >= 0.3 is 12.2 Å². The maximum Gasteiger partial charge on any atom is 0.389 e. The maximum atomic E-state index is 14.1. The Morgan fingerprint density at radius 2 is 1.58 bits per heavy atom. The van der Waals surface area contributed by atoms with Crippen LogP contribution in [0.4, 0.5) is 18.0 Å². The molecule has 0 aromatic carbocycles. The Bertz CT molecular complexity index is 1210. The third-order valence-electron chi connectivity index (χ3n) is 8.84. The standard InChI is InChI=1S/C30H47F3N6O6/c1-15(2)19(14-38(10)16(3)40)36-27(45)37-23(28(4,5)6)26(44)39-13-17-20(29(17,7)8)21(39)24(42)35-18(11-12-30(31,32)33)22(41)25(43)34-9/h17-21,23H,1,11-14H2,2-10H3,(H,34,43)(H,35,42)(H2,36,37,45)/t17-,18?,19+,20-,21-,23+/m0/s1. The van der Waals surface area contributed by atoms with Crippen LogP contribution < -0.4 is 21.3 Å². The van der Waals surface area contributed by atoms with Gasteiger partial charge in [-0.05, 0) is 36.0 Å². The molecule has 1 saturated carbocycles. The van der Waals surface area contributed by atoms with E-state index in [9.17, 15) is 41.9 Å². The third kappa shape index (κ3) is 9.19. The molecule has 4 N–H and O–H groups in total. The fourth-order valence-electron chi connectivity index (χ4n) is 5.80. The van der Waals surface area contributed by atoms with E-state index < -0.39 is 78.1 Å². The molecule has 45 heavy (non-hydrogen) atoms. The second kappa shape index (κ2) is 13.8. The zero-order valence-corrected chi connectivity index (χ0v) is 27.5. The van der Waals surface area contributed by atoms with Crippen molar-refractivity contribution in [2.75, 3.05) is 27.2 Å². The second-order valence-electron chi connectivity index (χ2n) is 13.8. The first kappa shape index (κ1) is 37.5. The van der Waals surface area contributed by atoms with E-state index in [0.717, 1.165) is 7.05 Å². The number of carbonyl (C=O) groups is 6. The average Bonchev–Trinajstić information content (AvgIpc) is 3.22. The van der Waals surface area contributed by atoms with Crippen LogP contribution in [0.15, 0.2) is 12.2 Å². The highest BCUT2D eigenvalue weighted by atomic mass is 19.4. The largest absolute Gasteiger partial charge is 0.389 e. The van der Waals surface area contributed by atoms with Crippen LogP contribution in [0.5, 0.6) is 0 Å². The van der Waals surface area contributed by atoms with Crippen molar-refractivity contribution >= 4 is 35.4 Å². The van der Waals surface area contributed by atoms with Crippen molar-refractivity contribution in [2.45, 2.75) is 91.7 Å². The highest BCUT2D eigenvalue weighted by Gasteiger charge is 2.70. The van der Waals surface area contributed by atoms with Crippen LogP contribution in [0, 0.1) is 22.7 Å². The lowest BCUT2D eigenvalue weighted by Gasteiger charge is -2.38. The molecule has 1 aliphatic heterocycles. The van der Waals surface area contributed by atoms with Gasteiger partial charge in [-0.15, -0.1) is 0 Å². The lowest BCUT2D eigenvalue weighted by molar-refractivity contribution is -0.148. The van der Waals surface area contributed by atoms with E-state index in [1.54, 1.807) is 34.7 Å². The van der Waals surface area contributed by atoms with Gasteiger partial charge in [0.2, 0.25) is 23.5 Å². The van der Waals surface area contributed by atoms with Gasteiger partial charge in [0.05, 0.1) is 12.1 Å². The van der Waals surface area contributed by atoms with Gasteiger partial charge < -0.3 is 31.1 Å². The highest BCUT2D eigenvalue weighted by Crippen LogP contribution is 2.65. The minimum absolute atomic E-state index is 0.107. The van der Waals surface area contributed by atoms with Crippen molar-refractivity contribution in [3.05, 3.63) is 12.2 Å². The van der Waals surface area contributed by atoms with Gasteiger partial charge in [0, 0.05) is 40.5 Å². The summed E-state index contributed by atoms with van der Waals surface area (Å²) < 4.78 is 39.1. The summed E-state index contributed by atoms with van der Waals surface area (Å²) in [6.07, 6.45) is -6.90. The number of ketones is 1. The molecule has 2 fully saturated rings. The number of rotatable bonds is 12. The minimum atomic E-state index is -4.64. The molecule has 254 valence electrons. The number of nitrogens with zero attached hydrogens (tertiary/aromatic N) is 2. The van der Waals surface area contributed by atoms with Gasteiger partial charge in [0.15, 0.2) is 0 Å². The first-order valence-electron chi connectivity index (χ1n) is 14.8. The lowest BCUT2D eigenvalue weighted by Crippen LogP contribution is -2.62. The van der Waals surface area contributed by atoms with E-state index in [0.29, 0.717) is 5.57 Å². The molecule has 2 aliphatic rings. The molecular weight excluding hydrogens is 597 g/mol. The zero-order valence-electron chi connectivity index (χ0n) is 27.5. The van der Waals surface area contributed by atoms with Gasteiger partial charge in [-0.3, -0.25) is 24.0 Å². The zero-order chi connectivity index (χ0) is 34.8. The molecule has 6 atom stereocenters. The third-order valence-corrected chi connectivity index (χ3v) is 8.84. The molecule has 0 aromatic heterocycles. The summed E-state index contributed by atoms with van der Waals surface area (Å²) >= 11 is 0. The van der Waals surface area contributed by atoms with E-state index in [4.69, 9.17) is 0 Å². The summed E-state index contributed by atoms with van der Waals surface area (Å²) in [5.41, 5.74) is -0.649. The second-order valence-corrected chi connectivity index (χ2v) is 13.8. The number of fused-ring (bicyclic) bond motifs is 1. The molecule has 1 heterocycles. The molecular formula is C30H47F3N6O6. The number of carbonyl (C=O) groups excluding carboxylic acids is 6. The van der Waals surface area contributed by atoms with Crippen LogP contribution in [0.3, 0.4) is 0 Å². The van der Waals surface area contributed by atoms with Gasteiger partial charge in [0.1, 0.15) is 12.1 Å². The number of halogens is 3. The molecule has 1 aliphatic carbocycles. The Hall–Kier alpha value is -3.65. The number of hydrogen-bond acceptors (Lipinski definition) is 6. The average molecular weight is 645 g/mol. The molecule has 0 aromatic rings. The number of amides is 6. The number of likely N-dealkylation sites (tertiary alicyclic amines) is 1. The van der Waals surface area contributed by atoms with Crippen LogP contribution >= 0.6 is 0 Å². The summed E-state index contributed by atoms with van der Waals surface area (Å²) in [6.45, 7) is 16.2. The van der Waals surface area contributed by atoms with Crippen molar-refractivity contribution < 1.29 is 41.9 Å². The molecule has 1 saturated heterocycles. The molecule has 15 heteroatoms. The van der Waals surface area contributed by atoms with E-state index in [-0.39, 0.29) is 36.2 Å². The van der Waals surface area contributed by atoms with E-state index in [1.165, 1.54) is 16.7 Å². The summed E-state index contributed by atoms with van der Waals surface area (Å²) in [5.74, 6) is -4.50. The normalized spacial score (nSPS) is 22.2. The summed E-state index contributed by atoms with van der Waals surface area (Å²) in [5, 5.41) is 9.83. The Morgan fingerprint density at radius 3 is 2.04 bits per heavy atom. The SMILES string of the molecule is C=C(C)[C@@H](CN(C)C(C)=O)NC(=O)N[C@H](C(=O)N1C[C@H]2[C@@H]([C@H]1C(=O)NC(CCC(F)(F)F)C(=O)C(=O)NC)C2(C)C)C(C)(C)C. The van der Waals surface area contributed by atoms with E-state index in [2.05, 4.69) is 27.8 Å². The molecule has 6 amide bonds. The van der Waals surface area contributed by atoms with Crippen molar-refractivity contribution in [3.8, 4) is 0 Å². The number of piperidine rings is 1. The van der Waals surface area contributed by atoms with Crippen LogP contribution in [-0.2, 0) is 24.0 Å². The van der Waals surface area contributed by atoms with Crippen LogP contribution in [-0.4, -0.2) is 103 Å². The molecule has 12 nitrogen and oxygen atoms in total. The minimum Gasteiger partial charge on any atom is -0.353 e. The predicted molar refractivity (Wildman–Crippen MR) is 159 cm³/mol. The van der Waals surface area contributed by atoms with Crippen LogP contribution in [0.1, 0.15) is 61.3 Å². The summed E-state index contributed by atoms with van der Waals surface area (Å²) in [4.78, 5) is 80.0. The molecule has 1 unspecified atom stereocenters. The van der Waals surface area contributed by atoms with Crippen LogP contribution in [0.2, 0.25) is 0 Å². The van der Waals surface area contributed by atoms with Crippen molar-refractivity contribution in [1.82, 2.24) is 31.1 Å². The fourth-order valence-corrected chi connectivity index (χ4v) is 5.80. The van der Waals surface area contributed by atoms with Gasteiger partial charge in [-0.25, -0.2) is 4.79 Å². The monoisotopic (exact) mass is 644 g/mol. The predicted octanol–water partition coefficient (Wildman–Crippen LogP) is 1.75. The number of Topliss-reactive ketones (excluding diaryl/α,β-unsaturated/α-hetero) is 1. The first-order valence-corrected chi connectivity index (χ1v) is 14.8. The Morgan fingerprint density at radius 1 is 1.00 bits per heavy atom. The molecule has 0 radical (unpaired) electrons.